The van der Waals surface area contributed by atoms with E-state index in [-0.39, 0.29) is 35.8 Å². The fourth-order valence-electron chi connectivity index (χ4n) is 3.83. The van der Waals surface area contributed by atoms with Gasteiger partial charge in [-0.15, -0.1) is 34.2 Å². The van der Waals surface area contributed by atoms with E-state index in [1.807, 2.05) is 11.8 Å². The van der Waals surface area contributed by atoms with Gasteiger partial charge in [-0.3, -0.25) is 0 Å². The highest BCUT2D eigenvalue weighted by molar-refractivity contribution is 14.0. The van der Waals surface area contributed by atoms with E-state index in [4.69, 9.17) is 4.99 Å². The Balaban J connectivity index is 0.00000240. The lowest BCUT2D eigenvalue weighted by Gasteiger charge is -2.20. The molecule has 2 aliphatic rings. The molecular formula is C19H28FIN8. The molecule has 8 nitrogen and oxygen atoms in total. The minimum atomic E-state index is -0.277. The molecule has 2 aromatic rings. The van der Waals surface area contributed by atoms with Gasteiger partial charge in [0.15, 0.2) is 23.4 Å². The van der Waals surface area contributed by atoms with Crippen molar-refractivity contribution in [3.63, 3.8) is 0 Å². The Morgan fingerprint density at radius 3 is 3.03 bits per heavy atom. The lowest BCUT2D eigenvalue weighted by Crippen LogP contribution is -2.44. The molecule has 0 bridgehead atoms. The van der Waals surface area contributed by atoms with Gasteiger partial charge in [0.2, 0.25) is 0 Å². The number of pyridine rings is 1. The fraction of sp³-hybridized carbons (Fsp3) is 0.579. The number of halogens is 2. The molecule has 4 heterocycles. The highest BCUT2D eigenvalue weighted by Gasteiger charge is 2.26. The third-order valence-electron chi connectivity index (χ3n) is 5.23. The first-order valence-corrected chi connectivity index (χ1v) is 10.1. The maximum atomic E-state index is 14.0. The molecule has 1 unspecified atom stereocenters. The largest absolute Gasteiger partial charge is 0.357 e. The second-order valence-corrected chi connectivity index (χ2v) is 7.22. The van der Waals surface area contributed by atoms with Crippen molar-refractivity contribution in [3.8, 4) is 0 Å². The van der Waals surface area contributed by atoms with E-state index in [0.29, 0.717) is 18.9 Å². The third-order valence-corrected chi connectivity index (χ3v) is 5.23. The number of hydrogen-bond acceptors (Lipinski definition) is 5. The summed E-state index contributed by atoms with van der Waals surface area (Å²) in [4.78, 5) is 10.9. The van der Waals surface area contributed by atoms with Gasteiger partial charge in [0.25, 0.3) is 0 Å². The predicted octanol–water partition coefficient (Wildman–Crippen LogP) is 2.10. The van der Waals surface area contributed by atoms with Crippen molar-refractivity contribution in [3.05, 3.63) is 35.8 Å². The normalized spacial score (nSPS) is 18.9. The van der Waals surface area contributed by atoms with Crippen LogP contribution in [0.4, 0.5) is 10.2 Å². The van der Waals surface area contributed by atoms with Gasteiger partial charge in [0, 0.05) is 44.8 Å². The van der Waals surface area contributed by atoms with Gasteiger partial charge in [0.1, 0.15) is 12.4 Å². The Kier molecular flexibility index (Phi) is 7.62. The van der Waals surface area contributed by atoms with Gasteiger partial charge in [-0.25, -0.2) is 14.4 Å². The highest BCUT2D eigenvalue weighted by atomic mass is 127. The van der Waals surface area contributed by atoms with Crippen LogP contribution in [0.1, 0.15) is 37.8 Å². The zero-order valence-corrected chi connectivity index (χ0v) is 19.0. The fourth-order valence-corrected chi connectivity index (χ4v) is 3.83. The molecule has 1 atom stereocenters. The summed E-state index contributed by atoms with van der Waals surface area (Å²) in [6.07, 6.45) is 5.88. The lowest BCUT2D eigenvalue weighted by atomic mass is 10.2. The first-order chi connectivity index (χ1) is 13.7. The number of aromatic nitrogens is 4. The van der Waals surface area contributed by atoms with Gasteiger partial charge in [-0.05, 0) is 38.3 Å². The molecule has 0 amide bonds. The van der Waals surface area contributed by atoms with Crippen LogP contribution < -0.4 is 15.5 Å². The summed E-state index contributed by atoms with van der Waals surface area (Å²) in [7, 11) is 0. The number of fused-ring (bicyclic) bond motifs is 1. The van der Waals surface area contributed by atoms with Gasteiger partial charge < -0.3 is 20.1 Å². The predicted molar refractivity (Wildman–Crippen MR) is 121 cm³/mol. The van der Waals surface area contributed by atoms with E-state index >= 15 is 0 Å². The van der Waals surface area contributed by atoms with Crippen LogP contribution in [0.2, 0.25) is 0 Å². The summed E-state index contributed by atoms with van der Waals surface area (Å²) in [6, 6.07) is 3.25. The second kappa shape index (κ2) is 10.2. The minimum Gasteiger partial charge on any atom is -0.357 e. The molecule has 1 fully saturated rings. The van der Waals surface area contributed by atoms with Crippen molar-refractivity contribution in [2.45, 2.75) is 51.7 Å². The van der Waals surface area contributed by atoms with Crippen LogP contribution in [0.5, 0.6) is 0 Å². The van der Waals surface area contributed by atoms with Gasteiger partial charge in [0.05, 0.1) is 0 Å². The summed E-state index contributed by atoms with van der Waals surface area (Å²) in [5.74, 6) is 2.88. The quantitative estimate of drug-likeness (QED) is 0.362. The summed E-state index contributed by atoms with van der Waals surface area (Å²) in [6.45, 7) is 5.74. The number of aliphatic imine (C=N–C) groups is 1. The smallest absolute Gasteiger partial charge is 0.191 e. The lowest BCUT2D eigenvalue weighted by molar-refractivity contribution is 0.508. The van der Waals surface area contributed by atoms with Crippen LogP contribution in [0, 0.1) is 5.82 Å². The zero-order chi connectivity index (χ0) is 19.3. The Morgan fingerprint density at radius 2 is 2.21 bits per heavy atom. The molecule has 2 aliphatic heterocycles. The molecule has 0 aliphatic carbocycles. The molecule has 10 heteroatoms. The monoisotopic (exact) mass is 514 g/mol. The molecule has 1 saturated heterocycles. The number of guanidine groups is 1. The van der Waals surface area contributed by atoms with Crippen LogP contribution in [-0.2, 0) is 19.5 Å². The molecule has 0 aromatic carbocycles. The zero-order valence-electron chi connectivity index (χ0n) is 16.6. The number of nitrogens with zero attached hydrogens (tertiary/aromatic N) is 6. The average molecular weight is 514 g/mol. The van der Waals surface area contributed by atoms with Gasteiger partial charge >= 0.3 is 0 Å². The summed E-state index contributed by atoms with van der Waals surface area (Å²) in [5, 5.41) is 15.4. The molecule has 0 saturated carbocycles. The van der Waals surface area contributed by atoms with Gasteiger partial charge in [-0.1, -0.05) is 0 Å². The number of hydrogen-bond donors (Lipinski definition) is 2. The molecule has 0 spiro atoms. The Hall–Kier alpha value is -1.98. The molecule has 4 rings (SSSR count). The maximum Gasteiger partial charge on any atom is 0.191 e. The van der Waals surface area contributed by atoms with Crippen molar-refractivity contribution >= 4 is 35.8 Å². The van der Waals surface area contributed by atoms with Crippen molar-refractivity contribution in [2.75, 3.05) is 24.5 Å². The van der Waals surface area contributed by atoms with E-state index in [1.54, 1.807) is 12.3 Å². The van der Waals surface area contributed by atoms with Gasteiger partial charge in [-0.2, -0.15) is 0 Å². The van der Waals surface area contributed by atoms with Crippen molar-refractivity contribution in [1.82, 2.24) is 30.4 Å². The average Bonchev–Trinajstić information content (AvgIpc) is 3.34. The van der Waals surface area contributed by atoms with Crippen molar-refractivity contribution in [2.24, 2.45) is 4.99 Å². The standard InChI is InChI=1S/C19H27FN8.HI/c1-2-21-19(23-12-17-26-25-16-7-3-4-10-28(16)17)24-14-8-11-27(13-14)18-15(20)6-5-9-22-18;/h5-6,9,14H,2-4,7-8,10-13H2,1H3,(H2,21,23,24);1H. The molecule has 2 N–H and O–H groups in total. The highest BCUT2D eigenvalue weighted by Crippen LogP contribution is 2.20. The van der Waals surface area contributed by atoms with Crippen molar-refractivity contribution in [1.29, 1.82) is 0 Å². The Bertz CT molecular complexity index is 839. The molecule has 2 aromatic heterocycles. The Labute approximate surface area is 187 Å². The van der Waals surface area contributed by atoms with Crippen LogP contribution in [0.3, 0.4) is 0 Å². The van der Waals surface area contributed by atoms with Crippen LogP contribution in [-0.4, -0.2) is 51.4 Å². The topological polar surface area (TPSA) is 83.3 Å². The van der Waals surface area contributed by atoms with E-state index in [9.17, 15) is 4.39 Å². The number of nitrogens with one attached hydrogen (secondary N) is 2. The first kappa shape index (κ1) is 21.7. The summed E-state index contributed by atoms with van der Waals surface area (Å²) >= 11 is 0. The third kappa shape index (κ3) is 5.14. The van der Waals surface area contributed by atoms with E-state index < -0.39 is 0 Å². The second-order valence-electron chi connectivity index (χ2n) is 7.22. The summed E-state index contributed by atoms with van der Waals surface area (Å²) in [5.41, 5.74) is 0. The van der Waals surface area contributed by atoms with E-state index in [1.165, 1.54) is 18.9 Å². The van der Waals surface area contributed by atoms with Crippen LogP contribution in [0.15, 0.2) is 23.3 Å². The van der Waals surface area contributed by atoms with Crippen LogP contribution >= 0.6 is 24.0 Å². The van der Waals surface area contributed by atoms with Crippen molar-refractivity contribution < 1.29 is 4.39 Å². The van der Waals surface area contributed by atoms with Crippen LogP contribution in [0.25, 0.3) is 0 Å². The number of anilines is 1. The number of rotatable bonds is 5. The number of aryl methyl sites for hydroxylation is 1. The molecular weight excluding hydrogens is 486 g/mol. The first-order valence-electron chi connectivity index (χ1n) is 10.1. The molecule has 29 heavy (non-hydrogen) atoms. The summed E-state index contributed by atoms with van der Waals surface area (Å²) < 4.78 is 16.2. The van der Waals surface area contributed by atoms with E-state index in [0.717, 1.165) is 50.1 Å². The van der Waals surface area contributed by atoms with E-state index in [2.05, 4.69) is 30.4 Å². The maximum absolute atomic E-state index is 14.0. The Morgan fingerprint density at radius 1 is 1.31 bits per heavy atom. The molecule has 158 valence electrons. The SMILES string of the molecule is CCNC(=NCc1nnc2n1CCCC2)NC1CCN(c2ncccc2F)C1.I. The minimum absolute atomic E-state index is 0. The molecule has 0 radical (unpaired) electrons.